The Kier molecular flexibility index (Phi) is 5.38. The molecule has 1 aromatic heterocycles. The molecule has 3 aromatic rings. The van der Waals surface area contributed by atoms with Gasteiger partial charge in [-0.1, -0.05) is 6.42 Å². The average Bonchev–Trinajstić information content (AvgIpc) is 3.16. The molecule has 1 saturated carbocycles. The Balaban J connectivity index is 1.47. The number of aromatic nitrogens is 2. The van der Waals surface area contributed by atoms with Gasteiger partial charge in [0.05, 0.1) is 25.3 Å². The van der Waals surface area contributed by atoms with Crippen LogP contribution in [-0.2, 0) is 0 Å². The van der Waals surface area contributed by atoms with Gasteiger partial charge < -0.3 is 19.8 Å². The SMILES string of the molecule is COc1cc(OC)cc(C(=O)NC2CCCC(c3nc4ccc(F)cc4[nH]3)C2)c1. The summed E-state index contributed by atoms with van der Waals surface area (Å²) in [5.74, 6) is 1.77. The zero-order valence-corrected chi connectivity index (χ0v) is 16.5. The van der Waals surface area contributed by atoms with Crippen molar-refractivity contribution < 1.29 is 18.7 Å². The summed E-state index contributed by atoms with van der Waals surface area (Å²) in [5.41, 5.74) is 1.97. The van der Waals surface area contributed by atoms with Gasteiger partial charge in [0, 0.05) is 23.6 Å². The van der Waals surface area contributed by atoms with E-state index in [1.54, 1.807) is 38.5 Å². The molecule has 0 bridgehead atoms. The molecule has 2 unspecified atom stereocenters. The highest BCUT2D eigenvalue weighted by atomic mass is 19.1. The van der Waals surface area contributed by atoms with E-state index in [0.717, 1.165) is 37.0 Å². The highest BCUT2D eigenvalue weighted by Gasteiger charge is 2.27. The normalized spacial score (nSPS) is 19.1. The van der Waals surface area contributed by atoms with Crippen LogP contribution in [0, 0.1) is 5.82 Å². The van der Waals surface area contributed by atoms with Gasteiger partial charge in [0.25, 0.3) is 5.91 Å². The topological polar surface area (TPSA) is 76.2 Å². The summed E-state index contributed by atoms with van der Waals surface area (Å²) in [5, 5.41) is 3.13. The van der Waals surface area contributed by atoms with Crippen molar-refractivity contribution in [2.45, 2.75) is 37.6 Å². The summed E-state index contributed by atoms with van der Waals surface area (Å²) in [7, 11) is 3.11. The number of aromatic amines is 1. The van der Waals surface area contributed by atoms with Crippen LogP contribution in [0.4, 0.5) is 4.39 Å². The molecule has 0 spiro atoms. The lowest BCUT2D eigenvalue weighted by Crippen LogP contribution is -2.38. The summed E-state index contributed by atoms with van der Waals surface area (Å²) in [4.78, 5) is 20.7. The summed E-state index contributed by atoms with van der Waals surface area (Å²) in [6, 6.07) is 9.74. The minimum absolute atomic E-state index is 0.0448. The van der Waals surface area contributed by atoms with Gasteiger partial charge in [-0.25, -0.2) is 9.37 Å². The Morgan fingerprint density at radius 1 is 1.14 bits per heavy atom. The van der Waals surface area contributed by atoms with E-state index >= 15 is 0 Å². The van der Waals surface area contributed by atoms with E-state index in [2.05, 4.69) is 15.3 Å². The van der Waals surface area contributed by atoms with Crippen molar-refractivity contribution in [1.82, 2.24) is 15.3 Å². The number of carbonyl (C=O) groups is 1. The second-order valence-electron chi connectivity index (χ2n) is 7.42. The Bertz CT molecular complexity index is 1010. The number of fused-ring (bicyclic) bond motifs is 1. The molecule has 152 valence electrons. The van der Waals surface area contributed by atoms with Gasteiger partial charge in [0.1, 0.15) is 23.1 Å². The maximum absolute atomic E-state index is 13.4. The van der Waals surface area contributed by atoms with Gasteiger partial charge >= 0.3 is 0 Å². The highest BCUT2D eigenvalue weighted by Crippen LogP contribution is 2.33. The molecule has 0 saturated heterocycles. The van der Waals surface area contributed by atoms with Gasteiger partial charge in [-0.3, -0.25) is 4.79 Å². The standard InChI is InChI=1S/C22H24FN3O3/c1-28-17-9-14(10-18(12-17)29-2)22(27)24-16-5-3-4-13(8-16)21-25-19-7-6-15(23)11-20(19)26-21/h6-7,9-13,16H,3-5,8H2,1-2H3,(H,24,27)(H,25,26). The molecule has 1 aliphatic carbocycles. The first-order valence-corrected chi connectivity index (χ1v) is 9.75. The number of benzene rings is 2. The zero-order valence-electron chi connectivity index (χ0n) is 16.5. The van der Waals surface area contributed by atoms with Crippen LogP contribution in [-0.4, -0.2) is 36.1 Å². The predicted octanol–water partition coefficient (Wildman–Crippen LogP) is 4.18. The summed E-state index contributed by atoms with van der Waals surface area (Å²) < 4.78 is 24.0. The number of rotatable bonds is 5. The monoisotopic (exact) mass is 397 g/mol. The fourth-order valence-electron chi connectivity index (χ4n) is 3.97. The third kappa shape index (κ3) is 4.18. The summed E-state index contributed by atoms with van der Waals surface area (Å²) in [6.07, 6.45) is 3.68. The number of nitrogens with one attached hydrogen (secondary N) is 2. The quantitative estimate of drug-likeness (QED) is 0.677. The lowest BCUT2D eigenvalue weighted by Gasteiger charge is -2.28. The minimum Gasteiger partial charge on any atom is -0.497 e. The van der Waals surface area contributed by atoms with E-state index in [4.69, 9.17) is 9.47 Å². The van der Waals surface area contributed by atoms with Gasteiger partial charge in [0.2, 0.25) is 0 Å². The molecule has 1 heterocycles. The summed E-state index contributed by atoms with van der Waals surface area (Å²) in [6.45, 7) is 0. The molecule has 29 heavy (non-hydrogen) atoms. The van der Waals surface area contributed by atoms with Gasteiger partial charge in [-0.05, 0) is 49.6 Å². The van der Waals surface area contributed by atoms with Gasteiger partial charge in [-0.2, -0.15) is 0 Å². The zero-order chi connectivity index (χ0) is 20.4. The van der Waals surface area contributed by atoms with Crippen molar-refractivity contribution in [3.63, 3.8) is 0 Å². The van der Waals surface area contributed by atoms with Crippen LogP contribution in [0.2, 0.25) is 0 Å². The van der Waals surface area contributed by atoms with Crippen LogP contribution in [0.1, 0.15) is 47.8 Å². The molecule has 2 aromatic carbocycles. The lowest BCUT2D eigenvalue weighted by molar-refractivity contribution is 0.0924. The Morgan fingerprint density at radius 3 is 2.62 bits per heavy atom. The van der Waals surface area contributed by atoms with Crippen molar-refractivity contribution in [2.24, 2.45) is 0 Å². The number of nitrogens with zero attached hydrogens (tertiary/aromatic N) is 1. The molecule has 4 rings (SSSR count). The molecular weight excluding hydrogens is 373 g/mol. The van der Waals surface area contributed by atoms with Crippen LogP contribution in [0.3, 0.4) is 0 Å². The Labute approximate surface area is 168 Å². The first-order valence-electron chi connectivity index (χ1n) is 9.75. The van der Waals surface area contributed by atoms with E-state index in [-0.39, 0.29) is 23.7 Å². The van der Waals surface area contributed by atoms with Crippen molar-refractivity contribution >= 4 is 16.9 Å². The van der Waals surface area contributed by atoms with Crippen molar-refractivity contribution in [2.75, 3.05) is 14.2 Å². The predicted molar refractivity (Wildman–Crippen MR) is 108 cm³/mol. The van der Waals surface area contributed by atoms with Gasteiger partial charge in [0.15, 0.2) is 0 Å². The smallest absolute Gasteiger partial charge is 0.251 e. The molecular formula is C22H24FN3O3. The van der Waals surface area contributed by atoms with E-state index in [1.165, 1.54) is 12.1 Å². The van der Waals surface area contributed by atoms with Crippen LogP contribution in [0.5, 0.6) is 11.5 Å². The van der Waals surface area contributed by atoms with E-state index in [1.807, 2.05) is 0 Å². The van der Waals surface area contributed by atoms with Crippen LogP contribution < -0.4 is 14.8 Å². The molecule has 0 aliphatic heterocycles. The minimum atomic E-state index is -0.282. The molecule has 1 aliphatic rings. The van der Waals surface area contributed by atoms with E-state index in [9.17, 15) is 9.18 Å². The number of ether oxygens (including phenoxy) is 2. The lowest BCUT2D eigenvalue weighted by atomic mass is 9.85. The number of methoxy groups -OCH3 is 2. The number of amides is 1. The molecule has 1 amide bonds. The van der Waals surface area contributed by atoms with Crippen LogP contribution in [0.15, 0.2) is 36.4 Å². The first kappa shape index (κ1) is 19.2. The first-order chi connectivity index (χ1) is 14.1. The second kappa shape index (κ2) is 8.11. The summed E-state index contributed by atoms with van der Waals surface area (Å²) >= 11 is 0. The third-order valence-corrected chi connectivity index (χ3v) is 5.47. The molecule has 1 fully saturated rings. The van der Waals surface area contributed by atoms with E-state index < -0.39 is 0 Å². The number of hydrogen-bond acceptors (Lipinski definition) is 4. The van der Waals surface area contributed by atoms with Gasteiger partial charge in [-0.15, -0.1) is 0 Å². The molecule has 7 heteroatoms. The number of halogens is 1. The molecule has 2 N–H and O–H groups in total. The Hall–Kier alpha value is -3.09. The number of imidazole rings is 1. The third-order valence-electron chi connectivity index (χ3n) is 5.47. The molecule has 6 nitrogen and oxygen atoms in total. The van der Waals surface area contributed by atoms with Crippen molar-refractivity contribution in [1.29, 1.82) is 0 Å². The maximum Gasteiger partial charge on any atom is 0.251 e. The maximum atomic E-state index is 13.4. The number of carbonyl (C=O) groups excluding carboxylic acids is 1. The Morgan fingerprint density at radius 2 is 1.90 bits per heavy atom. The molecule has 0 radical (unpaired) electrons. The largest absolute Gasteiger partial charge is 0.497 e. The fourth-order valence-corrected chi connectivity index (χ4v) is 3.97. The number of hydrogen-bond donors (Lipinski definition) is 2. The number of H-pyrrole nitrogens is 1. The van der Waals surface area contributed by atoms with Crippen LogP contribution >= 0.6 is 0 Å². The van der Waals surface area contributed by atoms with Crippen LogP contribution in [0.25, 0.3) is 11.0 Å². The highest BCUT2D eigenvalue weighted by molar-refractivity contribution is 5.95. The fraction of sp³-hybridized carbons (Fsp3) is 0.364. The van der Waals surface area contributed by atoms with E-state index in [0.29, 0.717) is 22.6 Å². The molecule has 2 atom stereocenters. The average molecular weight is 397 g/mol. The second-order valence-corrected chi connectivity index (χ2v) is 7.42. The van der Waals surface area contributed by atoms with Crippen molar-refractivity contribution in [3.8, 4) is 11.5 Å². The van der Waals surface area contributed by atoms with Crippen molar-refractivity contribution in [3.05, 3.63) is 53.6 Å².